The zero-order valence-electron chi connectivity index (χ0n) is 19.0. The van der Waals surface area contributed by atoms with E-state index in [9.17, 15) is 9.59 Å². The first-order chi connectivity index (χ1) is 14.6. The predicted octanol–water partition coefficient (Wildman–Crippen LogP) is 6.88. The number of rotatable bonds is 10. The number of Topliss-reactive ketones (excluding diaryl/α,β-unsaturated/α-hetero) is 2. The van der Waals surface area contributed by atoms with Crippen LogP contribution in [0, 0.1) is 17.8 Å². The van der Waals surface area contributed by atoms with Crippen LogP contribution >= 0.6 is 0 Å². The molecular formula is C27H40O3. The Morgan fingerprint density at radius 1 is 0.967 bits per heavy atom. The zero-order valence-corrected chi connectivity index (χ0v) is 19.0. The summed E-state index contributed by atoms with van der Waals surface area (Å²) in [7, 11) is 0. The molecule has 2 aliphatic rings. The first kappa shape index (κ1) is 23.0. The SMILES string of the molecule is CCCCCCOc1ccc([C@H]2CC[C@H](CC(=O)C3CCC(C)CC3=O)CC2)cc1. The van der Waals surface area contributed by atoms with Gasteiger partial charge in [-0.3, -0.25) is 9.59 Å². The van der Waals surface area contributed by atoms with Gasteiger partial charge in [0.2, 0.25) is 0 Å². The molecule has 1 aromatic rings. The molecule has 1 aromatic carbocycles. The van der Waals surface area contributed by atoms with E-state index in [1.54, 1.807) is 0 Å². The summed E-state index contributed by atoms with van der Waals surface area (Å²) in [5.41, 5.74) is 1.40. The molecule has 0 saturated heterocycles. The third-order valence-electron chi connectivity index (χ3n) is 7.23. The number of ether oxygens (including phenoxy) is 1. The summed E-state index contributed by atoms with van der Waals surface area (Å²) < 4.78 is 5.86. The monoisotopic (exact) mass is 412 g/mol. The molecule has 2 saturated carbocycles. The van der Waals surface area contributed by atoms with E-state index in [-0.39, 0.29) is 17.5 Å². The van der Waals surface area contributed by atoms with Crippen LogP contribution in [0.3, 0.4) is 0 Å². The fraction of sp³-hybridized carbons (Fsp3) is 0.704. The summed E-state index contributed by atoms with van der Waals surface area (Å²) in [6, 6.07) is 8.67. The van der Waals surface area contributed by atoms with Crippen molar-refractivity contribution in [2.75, 3.05) is 6.61 Å². The van der Waals surface area contributed by atoms with E-state index in [0.29, 0.717) is 30.6 Å². The van der Waals surface area contributed by atoms with Gasteiger partial charge in [0.15, 0.2) is 0 Å². The van der Waals surface area contributed by atoms with Crippen molar-refractivity contribution < 1.29 is 14.3 Å². The number of benzene rings is 1. The van der Waals surface area contributed by atoms with E-state index in [1.807, 2.05) is 0 Å². The standard InChI is InChI=1S/C27H40O3/c1-3-4-5-6-17-30-24-14-12-23(13-15-24)22-10-8-21(9-11-22)19-27(29)25-16-7-20(2)18-26(25)28/h12-15,20-22,25H,3-11,16-19H2,1-2H3/t20?,21-,22-,25?. The molecule has 3 nitrogen and oxygen atoms in total. The van der Waals surface area contributed by atoms with Crippen LogP contribution in [0.25, 0.3) is 0 Å². The van der Waals surface area contributed by atoms with Gasteiger partial charge in [0, 0.05) is 12.8 Å². The van der Waals surface area contributed by atoms with Crippen LogP contribution in [0.1, 0.15) is 102 Å². The molecule has 0 N–H and O–H groups in total. The van der Waals surface area contributed by atoms with E-state index >= 15 is 0 Å². The Morgan fingerprint density at radius 2 is 1.70 bits per heavy atom. The van der Waals surface area contributed by atoms with Gasteiger partial charge in [-0.05, 0) is 80.4 Å². The van der Waals surface area contributed by atoms with Crippen molar-refractivity contribution in [2.24, 2.45) is 17.8 Å². The van der Waals surface area contributed by atoms with E-state index in [1.165, 1.54) is 24.8 Å². The molecular weight excluding hydrogens is 372 g/mol. The molecule has 3 rings (SSSR count). The van der Waals surface area contributed by atoms with Crippen LogP contribution in [-0.4, -0.2) is 18.2 Å². The summed E-state index contributed by atoms with van der Waals surface area (Å²) in [5.74, 6) is 2.60. The average molecular weight is 413 g/mol. The molecule has 0 aliphatic heterocycles. The molecule has 0 heterocycles. The minimum absolute atomic E-state index is 0.195. The molecule has 0 amide bonds. The number of ketones is 2. The lowest BCUT2D eigenvalue weighted by Crippen LogP contribution is -2.31. The third-order valence-corrected chi connectivity index (χ3v) is 7.23. The van der Waals surface area contributed by atoms with Gasteiger partial charge in [-0.15, -0.1) is 0 Å². The van der Waals surface area contributed by atoms with E-state index in [2.05, 4.69) is 38.1 Å². The summed E-state index contributed by atoms with van der Waals surface area (Å²) in [5, 5.41) is 0. The predicted molar refractivity (Wildman–Crippen MR) is 122 cm³/mol. The van der Waals surface area contributed by atoms with Crippen LogP contribution in [0.2, 0.25) is 0 Å². The van der Waals surface area contributed by atoms with Crippen LogP contribution in [0.4, 0.5) is 0 Å². The highest BCUT2D eigenvalue weighted by Crippen LogP contribution is 2.38. The summed E-state index contributed by atoms with van der Waals surface area (Å²) >= 11 is 0. The van der Waals surface area contributed by atoms with Gasteiger partial charge in [-0.1, -0.05) is 45.2 Å². The van der Waals surface area contributed by atoms with Gasteiger partial charge in [0.05, 0.1) is 12.5 Å². The Morgan fingerprint density at radius 3 is 2.37 bits per heavy atom. The summed E-state index contributed by atoms with van der Waals surface area (Å²) in [6.45, 7) is 5.15. The Balaban J connectivity index is 1.39. The van der Waals surface area contributed by atoms with Crippen LogP contribution in [0.15, 0.2) is 24.3 Å². The second-order valence-electron chi connectivity index (χ2n) is 9.77. The van der Waals surface area contributed by atoms with Crippen molar-refractivity contribution >= 4 is 11.6 Å². The number of hydrogen-bond donors (Lipinski definition) is 0. The summed E-state index contributed by atoms with van der Waals surface area (Å²) in [6.07, 6.45) is 12.4. The summed E-state index contributed by atoms with van der Waals surface area (Å²) in [4.78, 5) is 24.9. The second kappa shape index (κ2) is 11.7. The smallest absolute Gasteiger partial charge is 0.143 e. The van der Waals surface area contributed by atoms with Crippen molar-refractivity contribution in [1.29, 1.82) is 0 Å². The van der Waals surface area contributed by atoms with Gasteiger partial charge in [0.25, 0.3) is 0 Å². The second-order valence-corrected chi connectivity index (χ2v) is 9.77. The quantitative estimate of drug-likeness (QED) is 0.310. The van der Waals surface area contributed by atoms with Gasteiger partial charge < -0.3 is 4.74 Å². The third kappa shape index (κ3) is 6.68. The Labute approximate surface area is 183 Å². The normalized spacial score (nSPS) is 27.1. The van der Waals surface area contributed by atoms with Crippen molar-refractivity contribution in [3.8, 4) is 5.75 Å². The first-order valence-corrected chi connectivity index (χ1v) is 12.3. The Bertz CT molecular complexity index is 670. The molecule has 30 heavy (non-hydrogen) atoms. The maximum atomic E-state index is 12.7. The molecule has 0 radical (unpaired) electrons. The van der Waals surface area contributed by atoms with E-state index in [4.69, 9.17) is 4.74 Å². The minimum atomic E-state index is -0.298. The fourth-order valence-corrected chi connectivity index (χ4v) is 5.22. The highest BCUT2D eigenvalue weighted by atomic mass is 16.5. The van der Waals surface area contributed by atoms with Crippen LogP contribution < -0.4 is 4.74 Å². The lowest BCUT2D eigenvalue weighted by molar-refractivity contribution is -0.135. The largest absolute Gasteiger partial charge is 0.494 e. The van der Waals surface area contributed by atoms with Gasteiger partial charge in [-0.2, -0.15) is 0 Å². The number of unbranched alkanes of at least 4 members (excludes halogenated alkanes) is 3. The van der Waals surface area contributed by atoms with Crippen LogP contribution in [-0.2, 0) is 9.59 Å². The van der Waals surface area contributed by atoms with E-state index < -0.39 is 0 Å². The molecule has 3 heteroatoms. The van der Waals surface area contributed by atoms with Crippen molar-refractivity contribution in [2.45, 2.75) is 96.8 Å². The van der Waals surface area contributed by atoms with Crippen molar-refractivity contribution in [1.82, 2.24) is 0 Å². The average Bonchev–Trinajstić information content (AvgIpc) is 2.74. The lowest BCUT2D eigenvalue weighted by Gasteiger charge is -2.30. The highest BCUT2D eigenvalue weighted by molar-refractivity contribution is 6.02. The van der Waals surface area contributed by atoms with Gasteiger partial charge >= 0.3 is 0 Å². The molecule has 0 spiro atoms. The minimum Gasteiger partial charge on any atom is -0.494 e. The van der Waals surface area contributed by atoms with E-state index in [0.717, 1.165) is 57.3 Å². The number of carbonyl (C=O) groups is 2. The molecule has 2 fully saturated rings. The van der Waals surface area contributed by atoms with Crippen molar-refractivity contribution in [3.05, 3.63) is 29.8 Å². The van der Waals surface area contributed by atoms with Crippen molar-refractivity contribution in [3.63, 3.8) is 0 Å². The van der Waals surface area contributed by atoms with Gasteiger partial charge in [0.1, 0.15) is 17.3 Å². The molecule has 2 unspecified atom stereocenters. The molecule has 0 bridgehead atoms. The maximum absolute atomic E-state index is 12.7. The molecule has 0 aromatic heterocycles. The lowest BCUT2D eigenvalue weighted by atomic mass is 9.73. The number of carbonyl (C=O) groups excluding carboxylic acids is 2. The first-order valence-electron chi connectivity index (χ1n) is 12.3. The van der Waals surface area contributed by atoms with Gasteiger partial charge in [-0.25, -0.2) is 0 Å². The fourth-order valence-electron chi connectivity index (χ4n) is 5.22. The zero-order chi connectivity index (χ0) is 21.3. The van der Waals surface area contributed by atoms with Crippen LogP contribution in [0.5, 0.6) is 5.75 Å². The highest BCUT2D eigenvalue weighted by Gasteiger charge is 2.33. The topological polar surface area (TPSA) is 43.4 Å². The molecule has 166 valence electrons. The molecule has 2 atom stereocenters. The number of hydrogen-bond acceptors (Lipinski definition) is 3. The Kier molecular flexibility index (Phi) is 8.96. The Hall–Kier alpha value is -1.64. The maximum Gasteiger partial charge on any atom is 0.143 e. The molecule has 2 aliphatic carbocycles.